The lowest BCUT2D eigenvalue weighted by Gasteiger charge is -2.08. The van der Waals surface area contributed by atoms with E-state index in [1.54, 1.807) is 25.4 Å². The molecule has 0 radical (unpaired) electrons. The highest BCUT2D eigenvalue weighted by Crippen LogP contribution is 2.16. The second-order valence-corrected chi connectivity index (χ2v) is 5.94. The fourth-order valence-corrected chi connectivity index (χ4v) is 2.58. The average Bonchev–Trinajstić information content (AvgIpc) is 2.50. The molecule has 2 aromatic rings. The first-order chi connectivity index (χ1) is 10.4. The van der Waals surface area contributed by atoms with Crippen LogP contribution in [0.15, 0.2) is 38.5 Å². The zero-order chi connectivity index (χ0) is 16.3. The Kier molecular flexibility index (Phi) is 5.31. The minimum Gasteiger partial charge on any atom is -0.312 e. The van der Waals surface area contributed by atoms with Crippen LogP contribution in [-0.2, 0) is 27.1 Å². The van der Waals surface area contributed by atoms with Crippen LogP contribution >= 0.6 is 15.9 Å². The second kappa shape index (κ2) is 7.02. The summed E-state index contributed by atoms with van der Waals surface area (Å²) in [6.07, 6.45) is 2.26. The van der Waals surface area contributed by atoms with Gasteiger partial charge in [0.1, 0.15) is 5.82 Å². The average molecular weight is 370 g/mol. The van der Waals surface area contributed by atoms with E-state index in [1.807, 2.05) is 0 Å². The third-order valence-electron chi connectivity index (χ3n) is 3.41. The molecular weight excluding hydrogens is 353 g/mol. The number of aryl methyl sites for hydroxylation is 1. The topological polar surface area (TPSA) is 56.0 Å². The molecule has 1 N–H and O–H groups in total. The predicted octanol–water partition coefficient (Wildman–Crippen LogP) is 1.32. The van der Waals surface area contributed by atoms with Gasteiger partial charge < -0.3 is 9.88 Å². The summed E-state index contributed by atoms with van der Waals surface area (Å²) < 4.78 is 16.1. The third kappa shape index (κ3) is 3.72. The molecular formula is C15H17BrFN3O2. The molecule has 0 atom stereocenters. The van der Waals surface area contributed by atoms with E-state index in [0.29, 0.717) is 29.5 Å². The van der Waals surface area contributed by atoms with Crippen molar-refractivity contribution in [2.45, 2.75) is 13.0 Å². The maximum Gasteiger partial charge on any atom is 0.330 e. The molecule has 22 heavy (non-hydrogen) atoms. The summed E-state index contributed by atoms with van der Waals surface area (Å²) in [7, 11) is 3.07. The lowest BCUT2D eigenvalue weighted by molar-refractivity contribution is 0.617. The van der Waals surface area contributed by atoms with Crippen molar-refractivity contribution in [2.75, 3.05) is 6.54 Å². The van der Waals surface area contributed by atoms with E-state index < -0.39 is 0 Å². The zero-order valence-electron chi connectivity index (χ0n) is 12.4. The number of nitrogens with one attached hydrogen (secondary N) is 1. The van der Waals surface area contributed by atoms with Crippen LogP contribution in [0.1, 0.15) is 11.1 Å². The highest BCUT2D eigenvalue weighted by molar-refractivity contribution is 9.10. The van der Waals surface area contributed by atoms with Gasteiger partial charge in [0.05, 0.1) is 4.47 Å². The zero-order valence-corrected chi connectivity index (χ0v) is 14.0. The molecule has 7 heteroatoms. The first kappa shape index (κ1) is 16.6. The number of benzene rings is 1. The summed E-state index contributed by atoms with van der Waals surface area (Å²) in [5.74, 6) is -0.287. The predicted molar refractivity (Wildman–Crippen MR) is 86.4 cm³/mol. The summed E-state index contributed by atoms with van der Waals surface area (Å²) in [5.41, 5.74) is 0.893. The Morgan fingerprint density at radius 1 is 1.27 bits per heavy atom. The molecule has 1 aromatic heterocycles. The minimum absolute atomic E-state index is 0.287. The summed E-state index contributed by atoms with van der Waals surface area (Å²) in [5, 5.41) is 3.16. The number of aromatic nitrogens is 2. The van der Waals surface area contributed by atoms with Gasteiger partial charge in [0.25, 0.3) is 5.56 Å². The van der Waals surface area contributed by atoms with Gasteiger partial charge in [-0.05, 0) is 46.6 Å². The van der Waals surface area contributed by atoms with Gasteiger partial charge in [-0.25, -0.2) is 9.18 Å². The van der Waals surface area contributed by atoms with Crippen LogP contribution in [-0.4, -0.2) is 15.7 Å². The van der Waals surface area contributed by atoms with Gasteiger partial charge in [-0.2, -0.15) is 0 Å². The Hall–Kier alpha value is -1.73. The van der Waals surface area contributed by atoms with Gasteiger partial charge in [0.15, 0.2) is 0 Å². The molecule has 0 aliphatic carbocycles. The largest absolute Gasteiger partial charge is 0.330 e. The van der Waals surface area contributed by atoms with Gasteiger partial charge in [0, 0.05) is 32.4 Å². The van der Waals surface area contributed by atoms with Crippen molar-refractivity contribution in [2.24, 2.45) is 14.1 Å². The van der Waals surface area contributed by atoms with E-state index in [4.69, 9.17) is 0 Å². The van der Waals surface area contributed by atoms with Crippen LogP contribution < -0.4 is 16.6 Å². The third-order valence-corrected chi connectivity index (χ3v) is 4.02. The smallest absolute Gasteiger partial charge is 0.312 e. The molecule has 5 nitrogen and oxygen atoms in total. The van der Waals surface area contributed by atoms with Crippen molar-refractivity contribution in [1.82, 2.24) is 14.5 Å². The Balaban J connectivity index is 1.96. The van der Waals surface area contributed by atoms with Crippen LogP contribution in [0.5, 0.6) is 0 Å². The second-order valence-electron chi connectivity index (χ2n) is 5.09. The molecule has 0 amide bonds. The maximum atomic E-state index is 13.1. The van der Waals surface area contributed by atoms with E-state index in [-0.39, 0.29) is 17.1 Å². The van der Waals surface area contributed by atoms with Crippen molar-refractivity contribution < 1.29 is 4.39 Å². The number of rotatable bonds is 5. The van der Waals surface area contributed by atoms with E-state index >= 15 is 0 Å². The minimum atomic E-state index is -0.343. The van der Waals surface area contributed by atoms with Crippen molar-refractivity contribution in [3.05, 3.63) is 66.7 Å². The molecule has 1 aromatic carbocycles. The summed E-state index contributed by atoms with van der Waals surface area (Å²) in [6.45, 7) is 1.02. The SMILES string of the molecule is Cn1cc(CNCCc2ccc(F)c(Br)c2)c(=O)n(C)c1=O. The lowest BCUT2D eigenvalue weighted by Crippen LogP contribution is -2.39. The number of hydrogen-bond acceptors (Lipinski definition) is 3. The van der Waals surface area contributed by atoms with Gasteiger partial charge in [0.2, 0.25) is 0 Å². The number of hydrogen-bond donors (Lipinski definition) is 1. The quantitative estimate of drug-likeness (QED) is 0.808. The summed E-state index contributed by atoms with van der Waals surface area (Å²) in [6, 6.07) is 4.89. The monoisotopic (exact) mass is 369 g/mol. The van der Waals surface area contributed by atoms with E-state index in [2.05, 4.69) is 21.2 Å². The van der Waals surface area contributed by atoms with Crippen molar-refractivity contribution in [3.63, 3.8) is 0 Å². The maximum absolute atomic E-state index is 13.1. The molecule has 0 spiro atoms. The van der Waals surface area contributed by atoms with E-state index in [0.717, 1.165) is 10.1 Å². The molecule has 1 heterocycles. The molecule has 0 saturated carbocycles. The van der Waals surface area contributed by atoms with Gasteiger partial charge in [-0.3, -0.25) is 9.36 Å². The van der Waals surface area contributed by atoms with Crippen LogP contribution in [0.4, 0.5) is 4.39 Å². The van der Waals surface area contributed by atoms with Crippen LogP contribution in [0.3, 0.4) is 0 Å². The summed E-state index contributed by atoms with van der Waals surface area (Å²) >= 11 is 3.15. The van der Waals surface area contributed by atoms with E-state index in [1.165, 1.54) is 17.7 Å². The van der Waals surface area contributed by atoms with Crippen molar-refractivity contribution >= 4 is 15.9 Å². The van der Waals surface area contributed by atoms with Gasteiger partial charge in [-0.15, -0.1) is 0 Å². The molecule has 0 fully saturated rings. The number of nitrogens with zero attached hydrogens (tertiary/aromatic N) is 2. The Labute approximate surface area is 135 Å². The molecule has 0 bridgehead atoms. The normalized spacial score (nSPS) is 10.9. The van der Waals surface area contributed by atoms with E-state index in [9.17, 15) is 14.0 Å². The van der Waals surface area contributed by atoms with Crippen LogP contribution in [0.2, 0.25) is 0 Å². The van der Waals surface area contributed by atoms with Gasteiger partial charge >= 0.3 is 5.69 Å². The Morgan fingerprint density at radius 2 is 2.00 bits per heavy atom. The molecule has 118 valence electrons. The molecule has 0 aliphatic rings. The molecule has 0 unspecified atom stereocenters. The molecule has 0 aliphatic heterocycles. The fourth-order valence-electron chi connectivity index (χ4n) is 2.16. The molecule has 0 saturated heterocycles. The molecule has 2 rings (SSSR count). The van der Waals surface area contributed by atoms with Crippen LogP contribution in [0, 0.1) is 5.82 Å². The van der Waals surface area contributed by atoms with Crippen molar-refractivity contribution in [1.29, 1.82) is 0 Å². The lowest BCUT2D eigenvalue weighted by atomic mass is 10.1. The first-order valence-electron chi connectivity index (χ1n) is 6.80. The first-order valence-corrected chi connectivity index (χ1v) is 7.59. The highest BCUT2D eigenvalue weighted by atomic mass is 79.9. The summed E-state index contributed by atoms with van der Waals surface area (Å²) in [4.78, 5) is 23.5. The standard InChI is InChI=1S/C15H17BrFN3O2/c1-19-9-11(14(21)20(2)15(19)22)8-18-6-5-10-3-4-13(17)12(16)7-10/h3-4,7,9,18H,5-6,8H2,1-2H3. The fraction of sp³-hybridized carbons (Fsp3) is 0.333. The Morgan fingerprint density at radius 3 is 2.68 bits per heavy atom. The highest BCUT2D eigenvalue weighted by Gasteiger charge is 2.06. The van der Waals surface area contributed by atoms with Gasteiger partial charge in [-0.1, -0.05) is 6.07 Å². The number of halogens is 2. The Bertz CT molecular complexity index is 798. The van der Waals surface area contributed by atoms with Crippen LogP contribution in [0.25, 0.3) is 0 Å². The van der Waals surface area contributed by atoms with Crippen molar-refractivity contribution in [3.8, 4) is 0 Å².